The fraction of sp³-hybridized carbons (Fsp3) is 0.0400. The summed E-state index contributed by atoms with van der Waals surface area (Å²) in [4.78, 5) is 23.9. The molecular formula is C25H20O6. The Bertz CT molecular complexity index is 1080. The Morgan fingerprint density at radius 3 is 1.45 bits per heavy atom. The number of ether oxygens (including phenoxy) is 3. The topological polar surface area (TPSA) is 82.1 Å². The number of hydrogen-bond donors (Lipinski definition) is 1. The molecule has 0 amide bonds. The van der Waals surface area contributed by atoms with E-state index in [9.17, 15) is 14.7 Å². The molecule has 31 heavy (non-hydrogen) atoms. The highest BCUT2D eigenvalue weighted by molar-refractivity contribution is 5.89. The van der Waals surface area contributed by atoms with Crippen molar-refractivity contribution in [3.05, 3.63) is 96.1 Å². The van der Waals surface area contributed by atoms with E-state index in [-0.39, 0.29) is 5.75 Å². The first-order valence-corrected chi connectivity index (χ1v) is 9.35. The highest BCUT2D eigenvalue weighted by atomic mass is 16.5. The largest absolute Gasteiger partial charge is 0.508 e. The van der Waals surface area contributed by atoms with Gasteiger partial charge >= 0.3 is 11.9 Å². The Kier molecular flexibility index (Phi) is 7.21. The molecule has 0 atom stereocenters. The molecule has 0 spiro atoms. The van der Waals surface area contributed by atoms with Crippen molar-refractivity contribution in [1.29, 1.82) is 0 Å². The molecule has 6 nitrogen and oxygen atoms in total. The number of rotatable bonds is 7. The number of benzene rings is 3. The van der Waals surface area contributed by atoms with Crippen LogP contribution in [0.2, 0.25) is 0 Å². The van der Waals surface area contributed by atoms with Crippen molar-refractivity contribution in [2.24, 2.45) is 0 Å². The maximum Gasteiger partial charge on any atom is 0.336 e. The van der Waals surface area contributed by atoms with Gasteiger partial charge in [-0.15, -0.1) is 0 Å². The Hall–Kier alpha value is -4.32. The number of carbonyl (C=O) groups is 2. The number of carbonyl (C=O) groups excluding carboxylic acids is 2. The highest BCUT2D eigenvalue weighted by Gasteiger charge is 2.04. The van der Waals surface area contributed by atoms with E-state index in [1.54, 1.807) is 43.5 Å². The summed E-state index contributed by atoms with van der Waals surface area (Å²) in [5.74, 6) is 0.434. The third-order valence-electron chi connectivity index (χ3n) is 4.09. The summed E-state index contributed by atoms with van der Waals surface area (Å²) >= 11 is 0. The Labute approximate surface area is 179 Å². The first-order valence-electron chi connectivity index (χ1n) is 9.35. The predicted molar refractivity (Wildman–Crippen MR) is 117 cm³/mol. The molecule has 0 radical (unpaired) electrons. The van der Waals surface area contributed by atoms with Crippen molar-refractivity contribution in [3.63, 3.8) is 0 Å². The molecule has 0 aliphatic heterocycles. The van der Waals surface area contributed by atoms with Crippen LogP contribution < -0.4 is 14.2 Å². The van der Waals surface area contributed by atoms with Gasteiger partial charge < -0.3 is 19.3 Å². The predicted octanol–water partition coefficient (Wildman–Crippen LogP) is 4.64. The van der Waals surface area contributed by atoms with E-state index >= 15 is 0 Å². The van der Waals surface area contributed by atoms with Gasteiger partial charge in [0.2, 0.25) is 0 Å². The van der Waals surface area contributed by atoms with Gasteiger partial charge in [-0.25, -0.2) is 9.59 Å². The summed E-state index contributed by atoms with van der Waals surface area (Å²) in [7, 11) is 1.59. The van der Waals surface area contributed by atoms with Gasteiger partial charge in [0.05, 0.1) is 7.11 Å². The van der Waals surface area contributed by atoms with E-state index < -0.39 is 11.9 Å². The number of phenolic OH excluding ortho intramolecular Hbond substituents is 1. The van der Waals surface area contributed by atoms with E-state index in [0.717, 1.165) is 16.9 Å². The molecule has 0 saturated carbocycles. The molecule has 0 saturated heterocycles. The SMILES string of the molecule is COc1ccc(/C=C/C(=O)Oc2ccc(OC(=O)/C=C/c3ccc(O)cc3)cc2)cc1. The molecule has 0 aromatic heterocycles. The van der Waals surface area contributed by atoms with E-state index in [0.29, 0.717) is 11.5 Å². The molecule has 3 rings (SSSR count). The van der Waals surface area contributed by atoms with Crippen LogP contribution in [0.5, 0.6) is 23.0 Å². The average molecular weight is 416 g/mol. The van der Waals surface area contributed by atoms with Gasteiger partial charge in [-0.2, -0.15) is 0 Å². The first-order chi connectivity index (χ1) is 15.0. The number of methoxy groups -OCH3 is 1. The maximum atomic E-state index is 12.0. The minimum absolute atomic E-state index is 0.150. The molecular weight excluding hydrogens is 396 g/mol. The average Bonchev–Trinajstić information content (AvgIpc) is 2.79. The fourth-order valence-electron chi connectivity index (χ4n) is 2.51. The van der Waals surface area contributed by atoms with Gasteiger partial charge in [-0.05, 0) is 71.8 Å². The third kappa shape index (κ3) is 6.90. The summed E-state index contributed by atoms with van der Waals surface area (Å²) in [6, 6.07) is 19.8. The summed E-state index contributed by atoms with van der Waals surface area (Å²) in [6.45, 7) is 0. The molecule has 6 heteroatoms. The van der Waals surface area contributed by atoms with Gasteiger partial charge in [0.25, 0.3) is 0 Å². The van der Waals surface area contributed by atoms with Crippen molar-refractivity contribution in [2.75, 3.05) is 7.11 Å². The minimum atomic E-state index is -0.555. The number of aromatic hydroxyl groups is 1. The van der Waals surface area contributed by atoms with Crippen LogP contribution in [-0.4, -0.2) is 24.2 Å². The monoisotopic (exact) mass is 416 g/mol. The molecule has 0 aliphatic carbocycles. The fourth-order valence-corrected chi connectivity index (χ4v) is 2.51. The van der Waals surface area contributed by atoms with Crippen molar-refractivity contribution < 1.29 is 28.9 Å². The second-order valence-corrected chi connectivity index (χ2v) is 6.34. The minimum Gasteiger partial charge on any atom is -0.508 e. The molecule has 0 heterocycles. The lowest BCUT2D eigenvalue weighted by Crippen LogP contribution is -2.05. The smallest absolute Gasteiger partial charge is 0.336 e. The van der Waals surface area contributed by atoms with Crippen LogP contribution in [0.4, 0.5) is 0 Å². The van der Waals surface area contributed by atoms with Crippen LogP contribution in [0.25, 0.3) is 12.2 Å². The van der Waals surface area contributed by atoms with Gasteiger partial charge in [0.1, 0.15) is 23.0 Å². The summed E-state index contributed by atoms with van der Waals surface area (Å²) in [5, 5.41) is 9.25. The highest BCUT2D eigenvalue weighted by Crippen LogP contribution is 2.19. The van der Waals surface area contributed by atoms with Crippen LogP contribution in [0.15, 0.2) is 84.9 Å². The second kappa shape index (κ2) is 10.5. The lowest BCUT2D eigenvalue weighted by molar-refractivity contribution is -0.130. The van der Waals surface area contributed by atoms with Crippen molar-refractivity contribution >= 4 is 24.1 Å². The molecule has 3 aromatic carbocycles. The molecule has 0 fully saturated rings. The van der Waals surface area contributed by atoms with Crippen LogP contribution in [0, 0.1) is 0 Å². The molecule has 0 bridgehead atoms. The van der Waals surface area contributed by atoms with Crippen LogP contribution in [-0.2, 0) is 9.59 Å². The van der Waals surface area contributed by atoms with Crippen molar-refractivity contribution in [1.82, 2.24) is 0 Å². The van der Waals surface area contributed by atoms with Gasteiger partial charge in [-0.1, -0.05) is 24.3 Å². The van der Waals surface area contributed by atoms with Gasteiger partial charge in [0.15, 0.2) is 0 Å². The lowest BCUT2D eigenvalue weighted by Gasteiger charge is -2.04. The Morgan fingerprint density at radius 2 is 1.03 bits per heavy atom. The zero-order valence-electron chi connectivity index (χ0n) is 16.7. The molecule has 156 valence electrons. The second-order valence-electron chi connectivity index (χ2n) is 6.34. The number of esters is 2. The maximum absolute atomic E-state index is 12.0. The zero-order valence-corrected chi connectivity index (χ0v) is 16.7. The van der Waals surface area contributed by atoms with Crippen LogP contribution in [0.3, 0.4) is 0 Å². The zero-order chi connectivity index (χ0) is 22.1. The molecule has 0 unspecified atom stereocenters. The van der Waals surface area contributed by atoms with E-state index in [1.165, 1.54) is 48.6 Å². The van der Waals surface area contributed by atoms with Crippen LogP contribution in [0.1, 0.15) is 11.1 Å². The quantitative estimate of drug-likeness (QED) is 0.343. The first kappa shape index (κ1) is 21.4. The van der Waals surface area contributed by atoms with Crippen LogP contribution >= 0.6 is 0 Å². The van der Waals surface area contributed by atoms with E-state index in [4.69, 9.17) is 14.2 Å². The summed E-state index contributed by atoms with van der Waals surface area (Å²) in [6.07, 6.45) is 5.82. The summed E-state index contributed by atoms with van der Waals surface area (Å²) in [5.41, 5.74) is 1.58. The number of phenols is 1. The Morgan fingerprint density at radius 1 is 0.645 bits per heavy atom. The third-order valence-corrected chi connectivity index (χ3v) is 4.09. The normalized spacial score (nSPS) is 10.9. The lowest BCUT2D eigenvalue weighted by atomic mass is 10.2. The molecule has 3 aromatic rings. The summed E-state index contributed by atoms with van der Waals surface area (Å²) < 4.78 is 15.5. The van der Waals surface area contributed by atoms with Crippen molar-refractivity contribution in [2.45, 2.75) is 0 Å². The Balaban J connectivity index is 1.50. The molecule has 0 aliphatic rings. The van der Waals surface area contributed by atoms with E-state index in [1.807, 2.05) is 12.1 Å². The molecule has 1 N–H and O–H groups in total. The van der Waals surface area contributed by atoms with Gasteiger partial charge in [-0.3, -0.25) is 0 Å². The van der Waals surface area contributed by atoms with E-state index in [2.05, 4.69) is 0 Å². The van der Waals surface area contributed by atoms with Gasteiger partial charge in [0, 0.05) is 12.2 Å². The van der Waals surface area contributed by atoms with Crippen molar-refractivity contribution in [3.8, 4) is 23.0 Å². The number of hydrogen-bond acceptors (Lipinski definition) is 6. The standard InChI is InChI=1S/C25H20O6/c1-29-21-10-4-19(5-11-21)7-17-25(28)31-23-14-12-22(13-15-23)30-24(27)16-6-18-2-8-20(26)9-3-18/h2-17,26H,1H3/b16-6+,17-7+.